The van der Waals surface area contributed by atoms with Gasteiger partial charge in [0, 0.05) is 13.2 Å². The Morgan fingerprint density at radius 1 is 1.61 bits per heavy atom. The number of nitrogens with one attached hydrogen (secondary N) is 1. The summed E-state index contributed by atoms with van der Waals surface area (Å²) in [5, 5.41) is 2.69. The van der Waals surface area contributed by atoms with Crippen molar-refractivity contribution in [3.63, 3.8) is 0 Å². The molecule has 1 atom stereocenters. The number of pyridine rings is 1. The van der Waals surface area contributed by atoms with Gasteiger partial charge in [-0.15, -0.1) is 12.4 Å². The van der Waals surface area contributed by atoms with E-state index in [1.54, 1.807) is 7.05 Å². The van der Waals surface area contributed by atoms with E-state index < -0.39 is 6.04 Å². The van der Waals surface area contributed by atoms with Gasteiger partial charge in [-0.25, -0.2) is 0 Å². The van der Waals surface area contributed by atoms with Crippen LogP contribution in [0.5, 0.6) is 0 Å². The first-order chi connectivity index (χ1) is 7.95. The minimum absolute atomic E-state index is 0. The first-order valence-corrected chi connectivity index (χ1v) is 5.76. The third-order valence-electron chi connectivity index (χ3n) is 2.34. The monoisotopic (exact) mass is 293 g/mol. The summed E-state index contributed by atoms with van der Waals surface area (Å²) < 4.78 is 1.31. The molecule has 1 aromatic rings. The predicted octanol–water partition coefficient (Wildman–Crippen LogP) is 1.53. The second-order valence-corrected chi connectivity index (χ2v) is 4.28. The summed E-state index contributed by atoms with van der Waals surface area (Å²) in [7, 11) is 1.57. The van der Waals surface area contributed by atoms with Gasteiger partial charge in [0.05, 0.1) is 11.7 Å². The lowest BCUT2D eigenvalue weighted by molar-refractivity contribution is -0.117. The molecular formula is C11H17Cl2N3O2. The summed E-state index contributed by atoms with van der Waals surface area (Å²) in [5.74, 6) is -0.276. The number of halogens is 2. The van der Waals surface area contributed by atoms with Crippen molar-refractivity contribution in [1.29, 1.82) is 0 Å². The zero-order chi connectivity index (χ0) is 13.0. The highest BCUT2D eigenvalue weighted by Gasteiger charge is 2.13. The molecule has 5 nitrogen and oxygen atoms in total. The highest BCUT2D eigenvalue weighted by Crippen LogP contribution is 2.11. The molecule has 0 aliphatic heterocycles. The van der Waals surface area contributed by atoms with Crippen LogP contribution in [0.2, 0.25) is 5.02 Å². The lowest BCUT2D eigenvalue weighted by Gasteiger charge is -2.12. The van der Waals surface area contributed by atoms with Crippen LogP contribution in [0.25, 0.3) is 0 Å². The summed E-state index contributed by atoms with van der Waals surface area (Å²) in [5.41, 5.74) is 5.83. The Morgan fingerprint density at radius 2 is 2.22 bits per heavy atom. The van der Waals surface area contributed by atoms with Crippen molar-refractivity contribution in [2.75, 3.05) is 5.32 Å². The van der Waals surface area contributed by atoms with Crippen LogP contribution in [0, 0.1) is 0 Å². The molecule has 0 saturated carbocycles. The van der Waals surface area contributed by atoms with E-state index in [4.69, 9.17) is 17.3 Å². The Balaban J connectivity index is 0.00000289. The number of aromatic nitrogens is 1. The number of nitrogens with two attached hydrogens (primary N) is 1. The maximum absolute atomic E-state index is 11.6. The number of anilines is 1. The zero-order valence-electron chi connectivity index (χ0n) is 10.3. The van der Waals surface area contributed by atoms with Gasteiger partial charge in [0.1, 0.15) is 5.02 Å². The second-order valence-electron chi connectivity index (χ2n) is 3.88. The molecule has 0 fully saturated rings. The molecule has 1 heterocycles. The molecule has 1 rings (SSSR count). The Hall–Kier alpha value is -1.04. The Morgan fingerprint density at radius 3 is 2.72 bits per heavy atom. The normalized spacial score (nSPS) is 11.6. The van der Waals surface area contributed by atoms with Gasteiger partial charge >= 0.3 is 0 Å². The topological polar surface area (TPSA) is 77.1 Å². The fourth-order valence-electron chi connectivity index (χ4n) is 1.42. The van der Waals surface area contributed by atoms with Gasteiger partial charge in [0.25, 0.3) is 5.56 Å². The van der Waals surface area contributed by atoms with E-state index in [-0.39, 0.29) is 28.9 Å². The van der Waals surface area contributed by atoms with Crippen LogP contribution in [0.3, 0.4) is 0 Å². The van der Waals surface area contributed by atoms with E-state index in [1.807, 2.05) is 6.92 Å². The van der Waals surface area contributed by atoms with Gasteiger partial charge < -0.3 is 15.6 Å². The average molecular weight is 294 g/mol. The van der Waals surface area contributed by atoms with Crippen molar-refractivity contribution in [2.24, 2.45) is 12.8 Å². The van der Waals surface area contributed by atoms with E-state index in [0.29, 0.717) is 12.1 Å². The number of amides is 1. The number of carbonyl (C=O) groups is 1. The Bertz CT molecular complexity index is 448. The lowest BCUT2D eigenvalue weighted by Crippen LogP contribution is -2.35. The standard InChI is InChI=1S/C11H16ClN3O2.ClH/c1-3-4-9(13)10(16)14-7-5-8(12)11(17)15(2)6-7;/h5-6,9H,3-4,13H2,1-2H3,(H,14,16);1H. The van der Waals surface area contributed by atoms with Gasteiger partial charge in [-0.05, 0) is 12.5 Å². The van der Waals surface area contributed by atoms with Gasteiger partial charge in [0.2, 0.25) is 5.91 Å². The van der Waals surface area contributed by atoms with Crippen molar-refractivity contribution in [2.45, 2.75) is 25.8 Å². The van der Waals surface area contributed by atoms with Crippen molar-refractivity contribution in [3.8, 4) is 0 Å². The molecule has 18 heavy (non-hydrogen) atoms. The van der Waals surface area contributed by atoms with Crippen molar-refractivity contribution in [1.82, 2.24) is 4.57 Å². The van der Waals surface area contributed by atoms with E-state index in [2.05, 4.69) is 5.32 Å². The number of nitrogens with zero attached hydrogens (tertiary/aromatic N) is 1. The number of rotatable bonds is 4. The van der Waals surface area contributed by atoms with Gasteiger partial charge in [-0.1, -0.05) is 24.9 Å². The third-order valence-corrected chi connectivity index (χ3v) is 2.61. The van der Waals surface area contributed by atoms with Crippen LogP contribution in [0.4, 0.5) is 5.69 Å². The van der Waals surface area contributed by atoms with Crippen LogP contribution in [0.15, 0.2) is 17.1 Å². The number of hydrogen-bond acceptors (Lipinski definition) is 3. The molecule has 0 aromatic carbocycles. The summed E-state index contributed by atoms with van der Waals surface area (Å²) >= 11 is 5.73. The molecule has 3 N–H and O–H groups in total. The van der Waals surface area contributed by atoms with Crippen LogP contribution >= 0.6 is 24.0 Å². The van der Waals surface area contributed by atoms with Gasteiger partial charge in [-0.3, -0.25) is 9.59 Å². The number of hydrogen-bond donors (Lipinski definition) is 2. The highest BCUT2D eigenvalue weighted by molar-refractivity contribution is 6.30. The minimum atomic E-state index is -0.545. The number of aryl methyl sites for hydroxylation is 1. The Labute approximate surface area is 117 Å². The molecule has 0 aliphatic carbocycles. The minimum Gasteiger partial charge on any atom is -0.323 e. The quantitative estimate of drug-likeness (QED) is 0.884. The van der Waals surface area contributed by atoms with Crippen molar-refractivity contribution >= 4 is 35.6 Å². The largest absolute Gasteiger partial charge is 0.323 e. The molecule has 0 bridgehead atoms. The first-order valence-electron chi connectivity index (χ1n) is 5.38. The first kappa shape index (κ1) is 17.0. The van der Waals surface area contributed by atoms with Gasteiger partial charge in [-0.2, -0.15) is 0 Å². The van der Waals surface area contributed by atoms with E-state index in [0.717, 1.165) is 6.42 Å². The number of carbonyl (C=O) groups excluding carboxylic acids is 1. The van der Waals surface area contributed by atoms with Gasteiger partial charge in [0.15, 0.2) is 0 Å². The average Bonchev–Trinajstić information content (AvgIpc) is 2.26. The van der Waals surface area contributed by atoms with Crippen LogP contribution < -0.4 is 16.6 Å². The summed E-state index contributed by atoms with van der Waals surface area (Å²) in [6.07, 6.45) is 2.96. The van der Waals surface area contributed by atoms with Crippen LogP contribution in [0.1, 0.15) is 19.8 Å². The molecule has 1 amide bonds. The molecule has 7 heteroatoms. The molecule has 0 aliphatic rings. The Kier molecular flexibility index (Phi) is 6.98. The van der Waals surface area contributed by atoms with E-state index >= 15 is 0 Å². The predicted molar refractivity (Wildman–Crippen MR) is 75.5 cm³/mol. The van der Waals surface area contributed by atoms with Crippen molar-refractivity contribution < 1.29 is 4.79 Å². The maximum atomic E-state index is 11.6. The maximum Gasteiger partial charge on any atom is 0.269 e. The highest BCUT2D eigenvalue weighted by atomic mass is 35.5. The lowest BCUT2D eigenvalue weighted by atomic mass is 10.1. The fraction of sp³-hybridized carbons (Fsp3) is 0.455. The summed E-state index contributed by atoms with van der Waals surface area (Å²) in [6.45, 7) is 1.95. The fourth-order valence-corrected chi connectivity index (χ4v) is 1.67. The van der Waals surface area contributed by atoms with E-state index in [9.17, 15) is 9.59 Å². The molecule has 0 radical (unpaired) electrons. The molecule has 0 spiro atoms. The van der Waals surface area contributed by atoms with Crippen molar-refractivity contribution in [3.05, 3.63) is 27.6 Å². The second kappa shape index (κ2) is 7.41. The van der Waals surface area contributed by atoms with Crippen LogP contribution in [-0.4, -0.2) is 16.5 Å². The third kappa shape index (κ3) is 4.33. The molecule has 102 valence electrons. The molecular weight excluding hydrogens is 277 g/mol. The molecule has 1 unspecified atom stereocenters. The molecule has 1 aromatic heterocycles. The SMILES string of the molecule is CCCC(N)C(=O)Nc1cc(Cl)c(=O)n(C)c1.Cl. The smallest absolute Gasteiger partial charge is 0.269 e. The van der Waals surface area contributed by atoms with Crippen LogP contribution in [-0.2, 0) is 11.8 Å². The summed E-state index contributed by atoms with van der Waals surface area (Å²) in [6, 6.07) is 0.872. The zero-order valence-corrected chi connectivity index (χ0v) is 11.8. The molecule has 0 saturated heterocycles. The summed E-state index contributed by atoms with van der Waals surface area (Å²) in [4.78, 5) is 23.0. The van der Waals surface area contributed by atoms with E-state index in [1.165, 1.54) is 16.8 Å².